The zero-order chi connectivity index (χ0) is 21.5. The van der Waals surface area contributed by atoms with Crippen molar-refractivity contribution in [3.05, 3.63) is 29.8 Å². The maximum Gasteiger partial charge on any atom is 0.191 e. The number of piperidine rings is 1. The Morgan fingerprint density at radius 2 is 1.77 bits per heavy atom. The van der Waals surface area contributed by atoms with Gasteiger partial charge in [-0.2, -0.15) is 0 Å². The van der Waals surface area contributed by atoms with Gasteiger partial charge in [0.2, 0.25) is 0 Å². The molecule has 4 rings (SSSR count). The molecular weight excluding hydrogens is 386 g/mol. The van der Waals surface area contributed by atoms with E-state index in [1.807, 2.05) is 7.05 Å². The monoisotopic (exact) mass is 427 g/mol. The van der Waals surface area contributed by atoms with E-state index in [4.69, 9.17) is 4.74 Å². The van der Waals surface area contributed by atoms with E-state index in [2.05, 4.69) is 49.7 Å². The first-order chi connectivity index (χ1) is 15.2. The molecule has 0 radical (unpaired) electrons. The lowest BCUT2D eigenvalue weighted by molar-refractivity contribution is 0.178. The van der Waals surface area contributed by atoms with E-state index in [-0.39, 0.29) is 0 Å². The average Bonchev–Trinajstić information content (AvgIpc) is 3.50. The van der Waals surface area contributed by atoms with Crippen molar-refractivity contribution >= 4 is 5.96 Å². The predicted octanol–water partition coefficient (Wildman–Crippen LogP) is 3.09. The second kappa shape index (κ2) is 11.2. The Balaban J connectivity index is 1.14. The molecule has 2 N–H and O–H groups in total. The van der Waals surface area contributed by atoms with Crippen LogP contribution in [0.5, 0.6) is 5.75 Å². The van der Waals surface area contributed by atoms with Crippen LogP contribution in [0.25, 0.3) is 0 Å². The number of likely N-dealkylation sites (tertiary alicyclic amines) is 2. The minimum Gasteiger partial charge on any atom is -0.497 e. The molecule has 6 heteroatoms. The standard InChI is InChI=1S/C25H41N5O/c1-26-25(28-22-13-16-30(19-22)23-5-3-4-6-23)27-17-20-11-14-29(15-12-20)18-21-7-9-24(31-2)10-8-21/h7-10,20,22-23H,3-6,11-19H2,1-2H3,(H2,26,27,28). The van der Waals surface area contributed by atoms with E-state index in [1.54, 1.807) is 7.11 Å². The minimum atomic E-state index is 0.540. The van der Waals surface area contributed by atoms with Crippen molar-refractivity contribution in [3.63, 3.8) is 0 Å². The largest absolute Gasteiger partial charge is 0.497 e. The van der Waals surface area contributed by atoms with Gasteiger partial charge in [-0.25, -0.2) is 0 Å². The van der Waals surface area contributed by atoms with Crippen LogP contribution in [0.3, 0.4) is 0 Å². The molecule has 3 aliphatic rings. The number of aliphatic imine (C=N–C) groups is 1. The van der Waals surface area contributed by atoms with Gasteiger partial charge >= 0.3 is 0 Å². The van der Waals surface area contributed by atoms with Crippen molar-refractivity contribution in [1.82, 2.24) is 20.4 Å². The van der Waals surface area contributed by atoms with Crippen molar-refractivity contribution in [2.24, 2.45) is 10.9 Å². The second-order valence-corrected chi connectivity index (χ2v) is 9.58. The van der Waals surface area contributed by atoms with Crippen molar-refractivity contribution in [1.29, 1.82) is 0 Å². The summed E-state index contributed by atoms with van der Waals surface area (Å²) < 4.78 is 5.26. The normalized spacial score (nSPS) is 24.6. The van der Waals surface area contributed by atoms with Crippen LogP contribution in [-0.2, 0) is 6.54 Å². The smallest absolute Gasteiger partial charge is 0.191 e. The zero-order valence-corrected chi connectivity index (χ0v) is 19.5. The summed E-state index contributed by atoms with van der Waals surface area (Å²) in [6.45, 7) is 6.81. The minimum absolute atomic E-state index is 0.540. The molecule has 1 aliphatic carbocycles. The topological polar surface area (TPSA) is 52.1 Å². The number of guanidine groups is 1. The predicted molar refractivity (Wildman–Crippen MR) is 128 cm³/mol. The third-order valence-electron chi connectivity index (χ3n) is 7.46. The Morgan fingerprint density at radius 1 is 1.03 bits per heavy atom. The number of benzene rings is 1. The number of hydrogen-bond acceptors (Lipinski definition) is 4. The van der Waals surface area contributed by atoms with E-state index in [1.165, 1.54) is 76.7 Å². The van der Waals surface area contributed by atoms with Gasteiger partial charge < -0.3 is 15.4 Å². The fourth-order valence-electron chi connectivity index (χ4n) is 5.47. The van der Waals surface area contributed by atoms with Gasteiger partial charge in [-0.3, -0.25) is 14.8 Å². The summed E-state index contributed by atoms with van der Waals surface area (Å²) in [6, 6.07) is 9.85. The van der Waals surface area contributed by atoms with E-state index in [0.717, 1.165) is 36.8 Å². The quantitative estimate of drug-likeness (QED) is 0.517. The highest BCUT2D eigenvalue weighted by Crippen LogP contribution is 2.26. The Hall–Kier alpha value is -1.79. The molecule has 172 valence electrons. The summed E-state index contributed by atoms with van der Waals surface area (Å²) in [5.41, 5.74) is 1.37. The van der Waals surface area contributed by atoms with Crippen molar-refractivity contribution in [2.45, 2.75) is 63.6 Å². The highest BCUT2D eigenvalue weighted by molar-refractivity contribution is 5.80. The zero-order valence-electron chi connectivity index (χ0n) is 19.5. The molecule has 1 saturated carbocycles. The summed E-state index contributed by atoms with van der Waals surface area (Å²) in [7, 11) is 3.62. The van der Waals surface area contributed by atoms with E-state index in [9.17, 15) is 0 Å². The van der Waals surface area contributed by atoms with Crippen LogP contribution in [0, 0.1) is 5.92 Å². The summed E-state index contributed by atoms with van der Waals surface area (Å²) >= 11 is 0. The Labute approximate surface area is 188 Å². The van der Waals surface area contributed by atoms with Crippen LogP contribution in [0.1, 0.15) is 50.5 Å². The third-order valence-corrected chi connectivity index (χ3v) is 7.46. The first kappa shape index (κ1) is 22.4. The molecule has 31 heavy (non-hydrogen) atoms. The number of methoxy groups -OCH3 is 1. The lowest BCUT2D eigenvalue weighted by Gasteiger charge is -2.32. The lowest BCUT2D eigenvalue weighted by atomic mass is 9.96. The lowest BCUT2D eigenvalue weighted by Crippen LogP contribution is -2.47. The van der Waals surface area contributed by atoms with Crippen LogP contribution in [0.4, 0.5) is 0 Å². The summed E-state index contributed by atoms with van der Waals surface area (Å²) in [4.78, 5) is 9.77. The number of hydrogen-bond donors (Lipinski definition) is 2. The van der Waals surface area contributed by atoms with Gasteiger partial charge in [0.15, 0.2) is 5.96 Å². The van der Waals surface area contributed by atoms with Crippen LogP contribution < -0.4 is 15.4 Å². The second-order valence-electron chi connectivity index (χ2n) is 9.58. The van der Waals surface area contributed by atoms with Crippen LogP contribution in [0.15, 0.2) is 29.3 Å². The molecule has 0 amide bonds. The molecule has 1 aromatic carbocycles. The van der Waals surface area contributed by atoms with Gasteiger partial charge in [-0.05, 0) is 68.8 Å². The van der Waals surface area contributed by atoms with Crippen molar-refractivity contribution in [3.8, 4) is 5.75 Å². The first-order valence-corrected chi connectivity index (χ1v) is 12.3. The average molecular weight is 428 g/mol. The third kappa shape index (κ3) is 6.36. The molecule has 6 nitrogen and oxygen atoms in total. The van der Waals surface area contributed by atoms with Gasteiger partial charge in [0.25, 0.3) is 0 Å². The molecule has 0 spiro atoms. The van der Waals surface area contributed by atoms with Crippen LogP contribution in [0.2, 0.25) is 0 Å². The van der Waals surface area contributed by atoms with Gasteiger partial charge in [-0.1, -0.05) is 25.0 Å². The van der Waals surface area contributed by atoms with Crippen LogP contribution >= 0.6 is 0 Å². The fraction of sp³-hybridized carbons (Fsp3) is 0.720. The molecule has 2 heterocycles. The van der Waals surface area contributed by atoms with Crippen molar-refractivity contribution in [2.75, 3.05) is 46.9 Å². The number of ether oxygens (including phenoxy) is 1. The SMILES string of the molecule is CN=C(NCC1CCN(Cc2ccc(OC)cc2)CC1)NC1CCN(C2CCCC2)C1. The van der Waals surface area contributed by atoms with E-state index < -0.39 is 0 Å². The van der Waals surface area contributed by atoms with Crippen molar-refractivity contribution < 1.29 is 4.74 Å². The molecular formula is C25H41N5O. The number of rotatable bonds is 7. The molecule has 2 saturated heterocycles. The molecule has 2 aliphatic heterocycles. The Kier molecular flexibility index (Phi) is 8.09. The Bertz CT molecular complexity index is 692. The van der Waals surface area contributed by atoms with Gasteiger partial charge in [0, 0.05) is 45.3 Å². The summed E-state index contributed by atoms with van der Waals surface area (Å²) in [5, 5.41) is 7.30. The molecule has 1 aromatic rings. The number of nitrogens with one attached hydrogen (secondary N) is 2. The fourth-order valence-corrected chi connectivity index (χ4v) is 5.47. The molecule has 0 aromatic heterocycles. The van der Waals surface area contributed by atoms with Gasteiger partial charge in [0.05, 0.1) is 7.11 Å². The van der Waals surface area contributed by atoms with Gasteiger partial charge in [-0.15, -0.1) is 0 Å². The number of nitrogens with zero attached hydrogens (tertiary/aromatic N) is 3. The van der Waals surface area contributed by atoms with E-state index >= 15 is 0 Å². The Morgan fingerprint density at radius 3 is 2.45 bits per heavy atom. The molecule has 3 fully saturated rings. The highest BCUT2D eigenvalue weighted by Gasteiger charge is 2.30. The molecule has 1 atom stereocenters. The maximum absolute atomic E-state index is 5.26. The molecule has 1 unspecified atom stereocenters. The molecule has 0 bridgehead atoms. The first-order valence-electron chi connectivity index (χ1n) is 12.3. The van der Waals surface area contributed by atoms with Crippen LogP contribution in [-0.4, -0.2) is 74.7 Å². The maximum atomic E-state index is 5.26. The van der Waals surface area contributed by atoms with E-state index in [0.29, 0.717) is 6.04 Å². The highest BCUT2D eigenvalue weighted by atomic mass is 16.5. The van der Waals surface area contributed by atoms with Gasteiger partial charge in [0.1, 0.15) is 5.75 Å². The summed E-state index contributed by atoms with van der Waals surface area (Å²) in [6.07, 6.45) is 9.37. The summed E-state index contributed by atoms with van der Waals surface area (Å²) in [5.74, 6) is 2.64.